The Labute approximate surface area is 188 Å². The van der Waals surface area contributed by atoms with Gasteiger partial charge in [0.25, 0.3) is 0 Å². The topological polar surface area (TPSA) is 51.4 Å². The van der Waals surface area contributed by atoms with Crippen molar-refractivity contribution in [2.45, 2.75) is 71.4 Å². The zero-order valence-corrected chi connectivity index (χ0v) is 20.3. The molecular formula is C24H35BrN4O. The first-order valence-electron chi connectivity index (χ1n) is 11.6. The number of likely N-dealkylation sites (tertiary alicyclic amines) is 1. The van der Waals surface area contributed by atoms with E-state index in [1.165, 1.54) is 27.6 Å². The lowest BCUT2D eigenvalue weighted by molar-refractivity contribution is 0.0978. The molecule has 2 heterocycles. The molecule has 0 radical (unpaired) electrons. The van der Waals surface area contributed by atoms with Gasteiger partial charge in [-0.15, -0.1) is 0 Å². The largest absolute Gasteiger partial charge is 0.349 e. The molecule has 0 unspecified atom stereocenters. The predicted molar refractivity (Wildman–Crippen MR) is 127 cm³/mol. The number of nitrogens with one attached hydrogen (secondary N) is 2. The lowest BCUT2D eigenvalue weighted by Crippen LogP contribution is -2.57. The van der Waals surface area contributed by atoms with Gasteiger partial charge in [-0.3, -0.25) is 4.90 Å². The van der Waals surface area contributed by atoms with Crippen molar-refractivity contribution in [1.29, 1.82) is 0 Å². The maximum atomic E-state index is 12.8. The first-order chi connectivity index (χ1) is 14.5. The van der Waals surface area contributed by atoms with E-state index in [4.69, 9.17) is 0 Å². The van der Waals surface area contributed by atoms with Crippen LogP contribution in [-0.2, 0) is 12.8 Å². The Morgan fingerprint density at radius 2 is 2.03 bits per heavy atom. The fraction of sp³-hybridized carbons (Fsp3) is 0.625. The third-order valence-corrected chi connectivity index (χ3v) is 7.75. The molecule has 5 nitrogen and oxygen atoms in total. The molecule has 1 saturated heterocycles. The maximum Gasteiger partial charge on any atom is 0.317 e. The van der Waals surface area contributed by atoms with Gasteiger partial charge in [0.15, 0.2) is 0 Å². The number of benzene rings is 1. The Bertz CT molecular complexity index is 920. The summed E-state index contributed by atoms with van der Waals surface area (Å²) in [5.74, 6) is 0.455. The van der Waals surface area contributed by atoms with E-state index in [-0.39, 0.29) is 12.1 Å². The minimum absolute atomic E-state index is 0.0771. The van der Waals surface area contributed by atoms with Crippen LogP contribution in [0.25, 0.3) is 10.9 Å². The number of aromatic nitrogens is 1. The van der Waals surface area contributed by atoms with E-state index in [0.29, 0.717) is 12.0 Å². The molecule has 0 saturated carbocycles. The summed E-state index contributed by atoms with van der Waals surface area (Å²) in [6.45, 7) is 12.1. The third-order valence-electron chi connectivity index (χ3n) is 7.08. The average Bonchev–Trinajstić information content (AvgIpc) is 3.05. The highest BCUT2D eigenvalue weighted by Crippen LogP contribution is 2.46. The Kier molecular flexibility index (Phi) is 6.44. The highest BCUT2D eigenvalue weighted by atomic mass is 79.9. The Balaban J connectivity index is 1.71. The molecule has 0 spiro atoms. The third kappa shape index (κ3) is 3.77. The molecule has 2 aliphatic rings. The molecule has 1 aromatic carbocycles. The number of hydrogen-bond acceptors (Lipinski definition) is 2. The van der Waals surface area contributed by atoms with E-state index >= 15 is 0 Å². The van der Waals surface area contributed by atoms with E-state index in [1.54, 1.807) is 0 Å². The van der Waals surface area contributed by atoms with E-state index < -0.39 is 0 Å². The Morgan fingerprint density at radius 1 is 1.27 bits per heavy atom. The van der Waals surface area contributed by atoms with Crippen LogP contribution in [0.1, 0.15) is 63.1 Å². The molecule has 1 fully saturated rings. The van der Waals surface area contributed by atoms with Gasteiger partial charge >= 0.3 is 6.03 Å². The number of carbonyl (C=O) groups is 1. The molecular weight excluding hydrogens is 440 g/mol. The Hall–Kier alpha value is -1.53. The van der Waals surface area contributed by atoms with Crippen molar-refractivity contribution in [3.05, 3.63) is 33.4 Å². The zero-order valence-electron chi connectivity index (χ0n) is 18.7. The van der Waals surface area contributed by atoms with Gasteiger partial charge in [-0.2, -0.15) is 0 Å². The van der Waals surface area contributed by atoms with Crippen LogP contribution in [0.15, 0.2) is 16.7 Å². The molecule has 0 bridgehead atoms. The fourth-order valence-electron chi connectivity index (χ4n) is 5.61. The second kappa shape index (κ2) is 8.91. The lowest BCUT2D eigenvalue weighted by Gasteiger charge is -2.47. The van der Waals surface area contributed by atoms with E-state index in [2.05, 4.69) is 57.1 Å². The number of nitrogens with zero attached hydrogens (tertiary/aromatic N) is 2. The number of amides is 2. The van der Waals surface area contributed by atoms with Gasteiger partial charge in [-0.05, 0) is 84.8 Å². The molecule has 1 aliphatic carbocycles. The normalized spacial score (nSPS) is 23.4. The van der Waals surface area contributed by atoms with Gasteiger partial charge in [0.05, 0.1) is 4.60 Å². The van der Waals surface area contributed by atoms with Crippen molar-refractivity contribution < 1.29 is 4.79 Å². The van der Waals surface area contributed by atoms with Gasteiger partial charge in [-0.1, -0.05) is 19.9 Å². The highest BCUT2D eigenvalue weighted by Gasteiger charge is 2.42. The lowest BCUT2D eigenvalue weighted by atomic mass is 9.73. The van der Waals surface area contributed by atoms with Crippen LogP contribution in [0.2, 0.25) is 0 Å². The highest BCUT2D eigenvalue weighted by molar-refractivity contribution is 9.10. The quantitative estimate of drug-likeness (QED) is 0.615. The standard InChI is InChI=1S/C24H35BrN4O/c1-5-9-29-14-16(26-24(30)28(7-3)8-4)12-17-18-10-15(6-2)11-20-22(18)19(13-21(17)29)23(25)27-20/h10-11,16-17,21,27H,5-9,12-14H2,1-4H3,(H,26,30)/t16-,17+,21+/m0/s1. The summed E-state index contributed by atoms with van der Waals surface area (Å²) in [6.07, 6.45) is 4.25. The predicted octanol–water partition coefficient (Wildman–Crippen LogP) is 5.04. The number of halogens is 1. The number of aromatic amines is 1. The summed E-state index contributed by atoms with van der Waals surface area (Å²) in [5.41, 5.74) is 5.53. The van der Waals surface area contributed by atoms with Gasteiger partial charge < -0.3 is 15.2 Å². The van der Waals surface area contributed by atoms with Gasteiger partial charge in [-0.25, -0.2) is 4.79 Å². The summed E-state index contributed by atoms with van der Waals surface area (Å²) >= 11 is 3.80. The smallest absolute Gasteiger partial charge is 0.317 e. The zero-order chi connectivity index (χ0) is 21.4. The minimum Gasteiger partial charge on any atom is -0.349 e. The van der Waals surface area contributed by atoms with Crippen LogP contribution in [0, 0.1) is 0 Å². The van der Waals surface area contributed by atoms with Gasteiger partial charge in [0.1, 0.15) is 0 Å². The summed E-state index contributed by atoms with van der Waals surface area (Å²) in [6, 6.07) is 5.51. The molecule has 4 rings (SSSR count). The molecule has 1 aliphatic heterocycles. The number of hydrogen-bond donors (Lipinski definition) is 2. The van der Waals surface area contributed by atoms with Gasteiger partial charge in [0, 0.05) is 48.5 Å². The van der Waals surface area contributed by atoms with Crippen molar-refractivity contribution in [2.24, 2.45) is 0 Å². The molecule has 1 aromatic heterocycles. The van der Waals surface area contributed by atoms with Crippen molar-refractivity contribution >= 4 is 32.9 Å². The van der Waals surface area contributed by atoms with Crippen LogP contribution in [0.4, 0.5) is 4.79 Å². The van der Waals surface area contributed by atoms with Crippen LogP contribution in [-0.4, -0.2) is 59.1 Å². The number of aryl methyl sites for hydroxylation is 1. The van der Waals surface area contributed by atoms with E-state index in [0.717, 1.165) is 56.5 Å². The van der Waals surface area contributed by atoms with Crippen molar-refractivity contribution in [1.82, 2.24) is 20.1 Å². The molecule has 164 valence electrons. The fourth-order valence-corrected chi connectivity index (χ4v) is 6.18. The van der Waals surface area contributed by atoms with E-state index in [9.17, 15) is 4.79 Å². The second-order valence-corrected chi connectivity index (χ2v) is 9.60. The number of carbonyl (C=O) groups excluding carboxylic acids is 1. The van der Waals surface area contributed by atoms with Crippen LogP contribution in [0.5, 0.6) is 0 Å². The summed E-state index contributed by atoms with van der Waals surface area (Å²) in [5, 5.41) is 4.77. The van der Waals surface area contributed by atoms with Crippen LogP contribution >= 0.6 is 15.9 Å². The summed E-state index contributed by atoms with van der Waals surface area (Å²) < 4.78 is 1.14. The van der Waals surface area contributed by atoms with Crippen molar-refractivity contribution in [3.63, 3.8) is 0 Å². The average molecular weight is 475 g/mol. The second-order valence-electron chi connectivity index (χ2n) is 8.81. The molecule has 2 amide bonds. The van der Waals surface area contributed by atoms with Crippen LogP contribution < -0.4 is 5.32 Å². The molecule has 2 aromatic rings. The number of urea groups is 1. The summed E-state index contributed by atoms with van der Waals surface area (Å²) in [4.78, 5) is 20.9. The first kappa shape index (κ1) is 21.7. The number of rotatable bonds is 6. The molecule has 2 N–H and O–H groups in total. The van der Waals surface area contributed by atoms with Crippen LogP contribution in [0.3, 0.4) is 0 Å². The number of fused-ring (bicyclic) bond motifs is 2. The first-order valence-corrected chi connectivity index (χ1v) is 12.4. The molecule has 3 atom stereocenters. The number of piperidine rings is 1. The summed E-state index contributed by atoms with van der Waals surface area (Å²) in [7, 11) is 0. The molecule has 30 heavy (non-hydrogen) atoms. The van der Waals surface area contributed by atoms with Crippen molar-refractivity contribution in [3.8, 4) is 0 Å². The monoisotopic (exact) mass is 474 g/mol. The maximum absolute atomic E-state index is 12.8. The minimum atomic E-state index is 0.0771. The van der Waals surface area contributed by atoms with Crippen molar-refractivity contribution in [2.75, 3.05) is 26.2 Å². The van der Waals surface area contributed by atoms with Gasteiger partial charge in [0.2, 0.25) is 0 Å². The molecule has 6 heteroatoms. The Morgan fingerprint density at radius 3 is 2.70 bits per heavy atom. The van der Waals surface area contributed by atoms with E-state index in [1.807, 2.05) is 18.7 Å². The number of H-pyrrole nitrogens is 1. The SMILES string of the molecule is CCCN1C[C@@H](NC(=O)N(CC)CC)C[C@@H]2c3cc(CC)cc4[nH]c(Br)c(c34)C[C@H]21.